The van der Waals surface area contributed by atoms with Crippen LogP contribution >= 0.6 is 0 Å². The van der Waals surface area contributed by atoms with Crippen molar-refractivity contribution in [2.45, 2.75) is 45.2 Å². The Morgan fingerprint density at radius 3 is 2.85 bits per heavy atom. The molecule has 1 aliphatic rings. The number of carboxylic acids is 1. The van der Waals surface area contributed by atoms with Crippen molar-refractivity contribution in [3.8, 4) is 5.75 Å². The van der Waals surface area contributed by atoms with Gasteiger partial charge in [-0.3, -0.25) is 9.69 Å². The Labute approximate surface area is 194 Å². The number of fused-ring (bicyclic) bond motifs is 1. The molecule has 6 heteroatoms. The summed E-state index contributed by atoms with van der Waals surface area (Å²) in [5.74, 6) is 1.37. The van der Waals surface area contributed by atoms with Crippen LogP contribution in [0.2, 0.25) is 0 Å². The SMILES string of the molecule is C=CCCc1nc(CCOc2ccc3c(c2)C(C(=O)O)N(Cc2ccccc2)CC3)c(C)o1. The van der Waals surface area contributed by atoms with E-state index in [-0.39, 0.29) is 0 Å². The van der Waals surface area contributed by atoms with E-state index >= 15 is 0 Å². The van der Waals surface area contributed by atoms with Crippen molar-refractivity contribution in [3.63, 3.8) is 0 Å². The summed E-state index contributed by atoms with van der Waals surface area (Å²) in [4.78, 5) is 18.8. The van der Waals surface area contributed by atoms with Gasteiger partial charge in [-0.25, -0.2) is 4.98 Å². The summed E-state index contributed by atoms with van der Waals surface area (Å²) >= 11 is 0. The number of hydrogen-bond donors (Lipinski definition) is 1. The van der Waals surface area contributed by atoms with Crippen LogP contribution in [0, 0.1) is 6.92 Å². The van der Waals surface area contributed by atoms with E-state index < -0.39 is 12.0 Å². The summed E-state index contributed by atoms with van der Waals surface area (Å²) in [6.45, 7) is 7.39. The van der Waals surface area contributed by atoms with Crippen LogP contribution < -0.4 is 4.74 Å². The first kappa shape index (κ1) is 22.8. The zero-order valence-corrected chi connectivity index (χ0v) is 19.0. The zero-order valence-electron chi connectivity index (χ0n) is 19.0. The largest absolute Gasteiger partial charge is 0.493 e. The van der Waals surface area contributed by atoms with E-state index in [2.05, 4.69) is 11.6 Å². The molecule has 1 N–H and O–H groups in total. The summed E-state index contributed by atoms with van der Waals surface area (Å²) in [7, 11) is 0. The lowest BCUT2D eigenvalue weighted by Gasteiger charge is -2.35. The van der Waals surface area contributed by atoms with E-state index in [1.807, 2.05) is 66.4 Å². The number of carbonyl (C=O) groups is 1. The molecule has 0 saturated carbocycles. The van der Waals surface area contributed by atoms with E-state index in [1.54, 1.807) is 0 Å². The number of aryl methyl sites for hydroxylation is 2. The van der Waals surface area contributed by atoms with Crippen LogP contribution in [0.5, 0.6) is 5.75 Å². The number of rotatable bonds is 10. The van der Waals surface area contributed by atoms with Crippen LogP contribution in [0.25, 0.3) is 0 Å². The van der Waals surface area contributed by atoms with E-state index in [1.165, 1.54) is 0 Å². The maximum atomic E-state index is 12.2. The molecule has 1 unspecified atom stereocenters. The van der Waals surface area contributed by atoms with E-state index in [9.17, 15) is 9.90 Å². The number of carboxylic acid groups (broad SMARTS) is 1. The maximum absolute atomic E-state index is 12.2. The lowest BCUT2D eigenvalue weighted by molar-refractivity contribution is -0.144. The van der Waals surface area contributed by atoms with Crippen LogP contribution in [0.4, 0.5) is 0 Å². The second kappa shape index (κ2) is 10.5. The van der Waals surface area contributed by atoms with Gasteiger partial charge < -0.3 is 14.3 Å². The molecule has 1 aromatic heterocycles. The highest BCUT2D eigenvalue weighted by Crippen LogP contribution is 2.34. The van der Waals surface area contributed by atoms with Crippen LogP contribution in [-0.2, 0) is 30.6 Å². The third kappa shape index (κ3) is 5.52. The lowest BCUT2D eigenvalue weighted by Crippen LogP contribution is -2.39. The molecule has 4 rings (SSSR count). The van der Waals surface area contributed by atoms with Gasteiger partial charge in [0.2, 0.25) is 0 Å². The number of hydrogen-bond acceptors (Lipinski definition) is 5. The highest BCUT2D eigenvalue weighted by molar-refractivity contribution is 5.77. The predicted molar refractivity (Wildman–Crippen MR) is 126 cm³/mol. The highest BCUT2D eigenvalue weighted by atomic mass is 16.5. The minimum absolute atomic E-state index is 0.443. The summed E-state index contributed by atoms with van der Waals surface area (Å²) in [6.07, 6.45) is 4.87. The molecule has 3 aromatic rings. The normalized spacial score (nSPS) is 15.7. The van der Waals surface area contributed by atoms with Crippen LogP contribution in [0.1, 0.15) is 46.5 Å². The molecule has 172 valence electrons. The molecule has 0 saturated heterocycles. The number of oxazole rings is 1. The summed E-state index contributed by atoms with van der Waals surface area (Å²) < 4.78 is 11.7. The van der Waals surface area contributed by atoms with Gasteiger partial charge in [0.15, 0.2) is 5.89 Å². The second-order valence-electron chi connectivity index (χ2n) is 8.34. The number of aliphatic carboxylic acids is 1. The van der Waals surface area contributed by atoms with Crippen molar-refractivity contribution in [1.29, 1.82) is 0 Å². The lowest BCUT2D eigenvalue weighted by atomic mass is 9.92. The average Bonchev–Trinajstić information content (AvgIpc) is 3.17. The first-order valence-electron chi connectivity index (χ1n) is 11.4. The van der Waals surface area contributed by atoms with E-state index in [4.69, 9.17) is 9.15 Å². The third-order valence-corrected chi connectivity index (χ3v) is 6.01. The fourth-order valence-corrected chi connectivity index (χ4v) is 4.33. The minimum atomic E-state index is -0.839. The summed E-state index contributed by atoms with van der Waals surface area (Å²) in [5.41, 5.74) is 3.88. The van der Waals surface area contributed by atoms with Gasteiger partial charge in [0, 0.05) is 25.9 Å². The van der Waals surface area contributed by atoms with E-state index in [0.717, 1.165) is 53.3 Å². The Hall–Kier alpha value is -3.38. The monoisotopic (exact) mass is 446 g/mol. The van der Waals surface area contributed by atoms with Crippen LogP contribution in [-0.4, -0.2) is 34.1 Å². The number of benzene rings is 2. The molecule has 0 fully saturated rings. The molecule has 6 nitrogen and oxygen atoms in total. The quantitative estimate of drug-likeness (QED) is 0.446. The van der Waals surface area contributed by atoms with Crippen molar-refractivity contribution in [2.75, 3.05) is 13.2 Å². The van der Waals surface area contributed by atoms with Crippen molar-refractivity contribution < 1.29 is 19.1 Å². The van der Waals surface area contributed by atoms with Crippen molar-refractivity contribution in [1.82, 2.24) is 9.88 Å². The van der Waals surface area contributed by atoms with Gasteiger partial charge in [-0.2, -0.15) is 0 Å². The topological polar surface area (TPSA) is 75.8 Å². The smallest absolute Gasteiger partial charge is 0.325 e. The molecule has 1 aliphatic heterocycles. The molecule has 0 bridgehead atoms. The Balaban J connectivity index is 1.44. The van der Waals surface area contributed by atoms with Crippen molar-refractivity contribution >= 4 is 5.97 Å². The highest BCUT2D eigenvalue weighted by Gasteiger charge is 2.33. The molecule has 2 aromatic carbocycles. The Morgan fingerprint density at radius 1 is 1.27 bits per heavy atom. The molecule has 0 aliphatic carbocycles. The third-order valence-electron chi connectivity index (χ3n) is 6.01. The van der Waals surface area contributed by atoms with Crippen LogP contribution in [0.15, 0.2) is 65.6 Å². The van der Waals surface area contributed by atoms with E-state index in [0.29, 0.717) is 31.9 Å². The van der Waals surface area contributed by atoms with Crippen LogP contribution in [0.3, 0.4) is 0 Å². The average molecular weight is 447 g/mol. The number of nitrogens with zero attached hydrogens (tertiary/aromatic N) is 2. The minimum Gasteiger partial charge on any atom is -0.493 e. The zero-order chi connectivity index (χ0) is 23.2. The van der Waals surface area contributed by atoms with Gasteiger partial charge >= 0.3 is 5.97 Å². The first-order valence-corrected chi connectivity index (χ1v) is 11.4. The fraction of sp³-hybridized carbons (Fsp3) is 0.333. The Bertz CT molecular complexity index is 1110. The first-order chi connectivity index (χ1) is 16.0. The molecule has 2 heterocycles. The molecule has 0 radical (unpaired) electrons. The molecule has 1 atom stereocenters. The molecule has 0 amide bonds. The maximum Gasteiger partial charge on any atom is 0.325 e. The van der Waals surface area contributed by atoms with Crippen molar-refractivity contribution in [3.05, 3.63) is 95.2 Å². The molecule has 33 heavy (non-hydrogen) atoms. The number of ether oxygens (including phenoxy) is 1. The Kier molecular flexibility index (Phi) is 7.25. The molecule has 0 spiro atoms. The molecular formula is C27H30N2O4. The van der Waals surface area contributed by atoms with Gasteiger partial charge in [-0.1, -0.05) is 42.5 Å². The summed E-state index contributed by atoms with van der Waals surface area (Å²) in [6, 6.07) is 15.1. The molecular weight excluding hydrogens is 416 g/mol. The number of allylic oxidation sites excluding steroid dienone is 1. The van der Waals surface area contributed by atoms with Gasteiger partial charge in [0.1, 0.15) is 17.6 Å². The Morgan fingerprint density at radius 2 is 2.09 bits per heavy atom. The van der Waals surface area contributed by atoms with Gasteiger partial charge in [-0.15, -0.1) is 6.58 Å². The van der Waals surface area contributed by atoms with Crippen molar-refractivity contribution in [2.24, 2.45) is 0 Å². The predicted octanol–water partition coefficient (Wildman–Crippen LogP) is 4.91. The second-order valence-corrected chi connectivity index (χ2v) is 8.34. The van der Waals surface area contributed by atoms with Gasteiger partial charge in [0.05, 0.1) is 12.3 Å². The van der Waals surface area contributed by atoms with Gasteiger partial charge in [-0.05, 0) is 48.6 Å². The van der Waals surface area contributed by atoms with Gasteiger partial charge in [0.25, 0.3) is 0 Å². The fourth-order valence-electron chi connectivity index (χ4n) is 4.33. The summed E-state index contributed by atoms with van der Waals surface area (Å²) in [5, 5.41) is 10.0. The number of aromatic nitrogens is 1. The standard InChI is InChI=1S/C27H30N2O4/c1-3-4-10-25-28-24(19(2)33-25)14-16-32-22-12-11-21-13-15-29(18-20-8-6-5-7-9-20)26(27(30)31)23(21)17-22/h3,5-9,11-12,17,26H,1,4,10,13-16,18H2,2H3,(H,30,31).